The number of ketones is 1. The second-order valence-electron chi connectivity index (χ2n) is 10.3. The first-order valence-electron chi connectivity index (χ1n) is 12.4. The molecule has 3 aromatic rings. The standard InChI is InChI=1S/C30H27Cl2NO6/c1-30(2,3)18-7-5-16(6-8-18)25-24(26(34)17-13-20(31)28(37-4)21(32)14-17)27(35)29(36)33(25)19-9-10-22-23(15-19)39-12-11-38-22/h5-10,13-15,25,34H,11-12H2,1-4H3/b26-24+. The van der Waals surface area contributed by atoms with Crippen LogP contribution >= 0.6 is 23.2 Å². The number of amides is 1. The van der Waals surface area contributed by atoms with Gasteiger partial charge in [0.2, 0.25) is 0 Å². The van der Waals surface area contributed by atoms with Gasteiger partial charge in [0.15, 0.2) is 17.2 Å². The van der Waals surface area contributed by atoms with E-state index in [1.54, 1.807) is 18.2 Å². The third-order valence-corrected chi connectivity index (χ3v) is 7.38. The van der Waals surface area contributed by atoms with E-state index < -0.39 is 23.5 Å². The number of aliphatic hydroxyl groups excluding tert-OH is 1. The van der Waals surface area contributed by atoms with Crippen molar-refractivity contribution in [2.75, 3.05) is 25.2 Å². The minimum atomic E-state index is -0.929. The van der Waals surface area contributed by atoms with Gasteiger partial charge in [-0.25, -0.2) is 0 Å². The predicted octanol–water partition coefficient (Wildman–Crippen LogP) is 6.70. The molecule has 1 fully saturated rings. The van der Waals surface area contributed by atoms with E-state index in [1.165, 1.54) is 24.1 Å². The second-order valence-corrected chi connectivity index (χ2v) is 11.2. The van der Waals surface area contributed by atoms with Crippen molar-refractivity contribution < 1.29 is 28.9 Å². The highest BCUT2D eigenvalue weighted by Crippen LogP contribution is 2.46. The molecule has 0 saturated carbocycles. The zero-order chi connectivity index (χ0) is 28.1. The van der Waals surface area contributed by atoms with E-state index in [9.17, 15) is 14.7 Å². The number of hydrogen-bond donors (Lipinski definition) is 1. The summed E-state index contributed by atoms with van der Waals surface area (Å²) >= 11 is 12.6. The summed E-state index contributed by atoms with van der Waals surface area (Å²) in [5.74, 6) is -0.767. The minimum Gasteiger partial charge on any atom is -0.507 e. The number of fused-ring (bicyclic) bond motifs is 1. The van der Waals surface area contributed by atoms with Crippen LogP contribution in [0, 0.1) is 0 Å². The molecule has 0 aromatic heterocycles. The fraction of sp³-hybridized carbons (Fsp3) is 0.267. The Morgan fingerprint density at radius 2 is 1.56 bits per heavy atom. The molecule has 39 heavy (non-hydrogen) atoms. The van der Waals surface area contributed by atoms with Crippen molar-refractivity contribution in [2.24, 2.45) is 0 Å². The molecular formula is C30H27Cl2NO6. The number of methoxy groups -OCH3 is 1. The van der Waals surface area contributed by atoms with E-state index in [1.807, 2.05) is 24.3 Å². The number of hydrogen-bond acceptors (Lipinski definition) is 6. The van der Waals surface area contributed by atoms with Gasteiger partial charge < -0.3 is 19.3 Å². The average Bonchev–Trinajstić information content (AvgIpc) is 3.17. The van der Waals surface area contributed by atoms with Crippen LogP contribution < -0.4 is 19.1 Å². The van der Waals surface area contributed by atoms with Gasteiger partial charge in [-0.05, 0) is 40.8 Å². The maximum atomic E-state index is 13.6. The van der Waals surface area contributed by atoms with Crippen molar-refractivity contribution in [1.82, 2.24) is 0 Å². The van der Waals surface area contributed by atoms with Gasteiger partial charge in [0, 0.05) is 17.3 Å². The number of carbonyl (C=O) groups excluding carboxylic acids is 2. The van der Waals surface area contributed by atoms with Crippen LogP contribution in [-0.2, 0) is 15.0 Å². The monoisotopic (exact) mass is 567 g/mol. The molecule has 7 nitrogen and oxygen atoms in total. The van der Waals surface area contributed by atoms with E-state index in [4.69, 9.17) is 37.4 Å². The van der Waals surface area contributed by atoms with Crippen LogP contribution in [0.2, 0.25) is 10.0 Å². The van der Waals surface area contributed by atoms with Crippen LogP contribution in [0.3, 0.4) is 0 Å². The van der Waals surface area contributed by atoms with Gasteiger partial charge in [0.25, 0.3) is 11.7 Å². The molecule has 2 aliphatic rings. The molecule has 0 aliphatic carbocycles. The maximum absolute atomic E-state index is 13.6. The van der Waals surface area contributed by atoms with E-state index in [2.05, 4.69) is 20.8 Å². The third-order valence-electron chi connectivity index (χ3n) is 6.82. The summed E-state index contributed by atoms with van der Waals surface area (Å²) in [5.41, 5.74) is 2.14. The zero-order valence-corrected chi connectivity index (χ0v) is 23.4. The molecule has 0 spiro atoms. The summed E-state index contributed by atoms with van der Waals surface area (Å²) in [4.78, 5) is 28.5. The Morgan fingerprint density at radius 3 is 2.15 bits per heavy atom. The second kappa shape index (κ2) is 10.1. The first kappa shape index (κ1) is 26.9. The lowest BCUT2D eigenvalue weighted by molar-refractivity contribution is -0.132. The number of halogens is 2. The fourth-order valence-corrected chi connectivity index (χ4v) is 5.45. The number of ether oxygens (including phenoxy) is 3. The summed E-state index contributed by atoms with van der Waals surface area (Å²) in [6, 6.07) is 14.7. The Morgan fingerprint density at radius 1 is 0.949 bits per heavy atom. The van der Waals surface area contributed by atoms with E-state index >= 15 is 0 Å². The Bertz CT molecular complexity index is 1480. The third kappa shape index (κ3) is 4.81. The zero-order valence-electron chi connectivity index (χ0n) is 21.9. The SMILES string of the molecule is COc1c(Cl)cc(/C(O)=C2\C(=O)C(=O)N(c3ccc4c(c3)OCCO4)C2c2ccc(C(C)(C)C)cc2)cc1Cl. The van der Waals surface area contributed by atoms with Gasteiger partial charge in [-0.2, -0.15) is 0 Å². The minimum absolute atomic E-state index is 0.0873. The van der Waals surface area contributed by atoms with Crippen LogP contribution in [0.5, 0.6) is 17.2 Å². The van der Waals surface area contributed by atoms with Crippen molar-refractivity contribution in [2.45, 2.75) is 32.2 Å². The van der Waals surface area contributed by atoms with Gasteiger partial charge in [0.1, 0.15) is 19.0 Å². The predicted molar refractivity (Wildman–Crippen MR) is 150 cm³/mol. The summed E-state index contributed by atoms with van der Waals surface area (Å²) in [6.07, 6.45) is 0. The Hall–Kier alpha value is -3.68. The first-order chi connectivity index (χ1) is 18.5. The van der Waals surface area contributed by atoms with E-state index in [0.717, 1.165) is 5.56 Å². The lowest BCUT2D eigenvalue weighted by atomic mass is 9.85. The normalized spacial score (nSPS) is 18.4. The molecule has 2 aliphatic heterocycles. The van der Waals surface area contributed by atoms with Gasteiger partial charge in [0.05, 0.1) is 28.8 Å². The quantitative estimate of drug-likeness (QED) is 0.214. The van der Waals surface area contributed by atoms with Crippen molar-refractivity contribution >= 4 is 46.3 Å². The maximum Gasteiger partial charge on any atom is 0.300 e. The molecule has 202 valence electrons. The van der Waals surface area contributed by atoms with Crippen molar-refractivity contribution in [3.05, 3.63) is 86.9 Å². The van der Waals surface area contributed by atoms with Crippen LogP contribution in [-0.4, -0.2) is 37.1 Å². The fourth-order valence-electron chi connectivity index (χ4n) is 4.81. The number of benzene rings is 3. The number of carbonyl (C=O) groups is 2. The summed E-state index contributed by atoms with van der Waals surface area (Å²) in [5, 5.41) is 11.8. The van der Waals surface area contributed by atoms with Crippen molar-refractivity contribution in [1.29, 1.82) is 0 Å². The molecule has 0 bridgehead atoms. The van der Waals surface area contributed by atoms with E-state index in [-0.39, 0.29) is 32.3 Å². The van der Waals surface area contributed by atoms with Gasteiger partial charge in [-0.1, -0.05) is 68.2 Å². The Balaban J connectivity index is 1.70. The molecule has 9 heteroatoms. The summed E-state index contributed by atoms with van der Waals surface area (Å²) in [7, 11) is 1.42. The van der Waals surface area contributed by atoms with Crippen LogP contribution in [0.15, 0.2) is 60.2 Å². The molecule has 5 rings (SSSR count). The highest BCUT2D eigenvalue weighted by molar-refractivity contribution is 6.51. The topological polar surface area (TPSA) is 85.3 Å². The number of Topliss-reactive ketones (excluding diaryl/α,β-unsaturated/α-hetero) is 1. The average molecular weight is 568 g/mol. The first-order valence-corrected chi connectivity index (χ1v) is 13.1. The summed E-state index contributed by atoms with van der Waals surface area (Å²) in [6.45, 7) is 7.08. The molecule has 1 unspecified atom stereocenters. The summed E-state index contributed by atoms with van der Waals surface area (Å²) < 4.78 is 16.6. The van der Waals surface area contributed by atoms with Crippen LogP contribution in [0.25, 0.3) is 5.76 Å². The van der Waals surface area contributed by atoms with Gasteiger partial charge in [-0.15, -0.1) is 0 Å². The van der Waals surface area contributed by atoms with Gasteiger partial charge >= 0.3 is 0 Å². The van der Waals surface area contributed by atoms with Crippen LogP contribution in [0.1, 0.15) is 43.5 Å². The lowest BCUT2D eigenvalue weighted by Crippen LogP contribution is -2.29. The molecule has 2 heterocycles. The largest absolute Gasteiger partial charge is 0.507 e. The Kier molecular flexibility index (Phi) is 6.99. The molecule has 1 N–H and O–H groups in total. The number of aliphatic hydroxyl groups is 1. The molecule has 0 radical (unpaired) electrons. The van der Waals surface area contributed by atoms with Crippen LogP contribution in [0.4, 0.5) is 5.69 Å². The number of rotatable bonds is 4. The van der Waals surface area contributed by atoms with Crippen molar-refractivity contribution in [3.8, 4) is 17.2 Å². The molecular weight excluding hydrogens is 541 g/mol. The highest BCUT2D eigenvalue weighted by Gasteiger charge is 2.47. The number of anilines is 1. The molecule has 3 aromatic carbocycles. The van der Waals surface area contributed by atoms with E-state index in [0.29, 0.717) is 36.0 Å². The highest BCUT2D eigenvalue weighted by atomic mass is 35.5. The molecule has 1 amide bonds. The van der Waals surface area contributed by atoms with Crippen molar-refractivity contribution in [3.63, 3.8) is 0 Å². The Labute approximate surface area is 236 Å². The molecule has 1 saturated heterocycles. The van der Waals surface area contributed by atoms with Gasteiger partial charge in [-0.3, -0.25) is 14.5 Å². The molecule has 1 atom stereocenters. The smallest absolute Gasteiger partial charge is 0.300 e. The number of nitrogens with zero attached hydrogens (tertiary/aromatic N) is 1. The lowest BCUT2D eigenvalue weighted by Gasteiger charge is -2.28.